The second kappa shape index (κ2) is 4.86. The predicted molar refractivity (Wildman–Crippen MR) is 63.6 cm³/mol. The molecule has 2 rings (SSSR count). The zero-order chi connectivity index (χ0) is 11.4. The summed E-state index contributed by atoms with van der Waals surface area (Å²) in [5.41, 5.74) is 1.29. The number of nitrogens with one attached hydrogen (secondary N) is 1. The number of nitrogens with zero attached hydrogens (tertiary/aromatic N) is 1. The molecule has 0 aliphatic carbocycles. The molecule has 0 bridgehead atoms. The van der Waals surface area contributed by atoms with Crippen LogP contribution in [0.5, 0.6) is 0 Å². The van der Waals surface area contributed by atoms with E-state index in [2.05, 4.69) is 11.4 Å². The lowest BCUT2D eigenvalue weighted by Crippen LogP contribution is -2.21. The van der Waals surface area contributed by atoms with Gasteiger partial charge in [0.1, 0.15) is 0 Å². The van der Waals surface area contributed by atoms with Crippen LogP contribution in [-0.2, 0) is 0 Å². The number of carbonyl (C=O) groups is 1. The first kappa shape index (κ1) is 10.8. The van der Waals surface area contributed by atoms with Crippen molar-refractivity contribution in [1.82, 2.24) is 5.32 Å². The van der Waals surface area contributed by atoms with Crippen molar-refractivity contribution in [3.63, 3.8) is 0 Å². The van der Waals surface area contributed by atoms with E-state index in [9.17, 15) is 4.79 Å². The van der Waals surface area contributed by atoms with E-state index in [1.165, 1.54) is 11.8 Å². The van der Waals surface area contributed by atoms with E-state index in [0.29, 0.717) is 16.2 Å². The number of thioether (sulfide) groups is 1. The smallest absolute Gasteiger partial charge is 0.256 e. The van der Waals surface area contributed by atoms with Crippen LogP contribution in [0.25, 0.3) is 0 Å². The van der Waals surface area contributed by atoms with E-state index >= 15 is 0 Å². The number of hydrogen-bond acceptors (Lipinski definition) is 3. The summed E-state index contributed by atoms with van der Waals surface area (Å²) in [4.78, 5) is 11.8. The fraction of sp³-hybridized carbons (Fsp3) is 0.167. The zero-order valence-corrected chi connectivity index (χ0v) is 9.38. The molecule has 0 saturated heterocycles. The molecule has 0 radical (unpaired) electrons. The Morgan fingerprint density at radius 1 is 1.38 bits per heavy atom. The van der Waals surface area contributed by atoms with Crippen LogP contribution in [0, 0.1) is 11.3 Å². The van der Waals surface area contributed by atoms with Gasteiger partial charge >= 0.3 is 0 Å². The van der Waals surface area contributed by atoms with Crippen LogP contribution in [0.4, 0.5) is 0 Å². The Balaban J connectivity index is 2.12. The third kappa shape index (κ3) is 2.26. The van der Waals surface area contributed by atoms with Gasteiger partial charge in [0.15, 0.2) is 0 Å². The molecule has 1 aliphatic heterocycles. The minimum absolute atomic E-state index is 0.155. The van der Waals surface area contributed by atoms with Crippen LogP contribution in [0.2, 0.25) is 0 Å². The van der Waals surface area contributed by atoms with Gasteiger partial charge < -0.3 is 5.32 Å². The van der Waals surface area contributed by atoms with Gasteiger partial charge in [-0.1, -0.05) is 18.2 Å². The van der Waals surface area contributed by atoms with Crippen molar-refractivity contribution in [3.8, 4) is 6.07 Å². The zero-order valence-electron chi connectivity index (χ0n) is 8.56. The van der Waals surface area contributed by atoms with Gasteiger partial charge in [0.25, 0.3) is 5.91 Å². The van der Waals surface area contributed by atoms with Crippen molar-refractivity contribution < 1.29 is 4.79 Å². The summed E-state index contributed by atoms with van der Waals surface area (Å²) >= 11 is 1.52. The van der Waals surface area contributed by atoms with E-state index < -0.39 is 0 Å². The van der Waals surface area contributed by atoms with Crippen molar-refractivity contribution >= 4 is 17.7 Å². The molecule has 1 aliphatic rings. The fourth-order valence-corrected chi connectivity index (χ4v) is 2.44. The van der Waals surface area contributed by atoms with Crippen molar-refractivity contribution in [2.45, 2.75) is 6.42 Å². The Kier molecular flexibility index (Phi) is 3.28. The Morgan fingerprint density at radius 2 is 2.12 bits per heavy atom. The lowest BCUT2D eigenvalue weighted by atomic mass is 10.2. The standard InChI is InChI=1S/C12H10N2OS/c13-8-10-6-7-16-12(10)14-11(15)9-4-2-1-3-5-9/h1-5H,6-7H2,(H,14,15). The number of hydrogen-bond donors (Lipinski definition) is 1. The highest BCUT2D eigenvalue weighted by Crippen LogP contribution is 2.28. The molecular formula is C12H10N2OS. The van der Waals surface area contributed by atoms with Crippen molar-refractivity contribution in [2.75, 3.05) is 5.75 Å². The van der Waals surface area contributed by atoms with Crippen LogP contribution in [-0.4, -0.2) is 11.7 Å². The molecule has 1 aromatic carbocycles. The minimum atomic E-state index is -0.155. The number of amides is 1. The number of carbonyl (C=O) groups excluding carboxylic acids is 1. The molecule has 80 valence electrons. The van der Waals surface area contributed by atoms with E-state index in [-0.39, 0.29) is 5.91 Å². The molecule has 3 nitrogen and oxygen atoms in total. The molecule has 1 aromatic rings. The van der Waals surface area contributed by atoms with Gasteiger partial charge in [0, 0.05) is 11.3 Å². The Labute approximate surface area is 98.2 Å². The molecule has 16 heavy (non-hydrogen) atoms. The number of nitriles is 1. The first-order valence-corrected chi connectivity index (χ1v) is 5.92. The van der Waals surface area contributed by atoms with Crippen molar-refractivity contribution in [1.29, 1.82) is 5.26 Å². The van der Waals surface area contributed by atoms with E-state index in [1.54, 1.807) is 12.1 Å². The van der Waals surface area contributed by atoms with Gasteiger partial charge in [0.05, 0.1) is 16.7 Å². The van der Waals surface area contributed by atoms with Gasteiger partial charge in [-0.05, 0) is 18.6 Å². The van der Waals surface area contributed by atoms with E-state index in [0.717, 1.165) is 12.2 Å². The molecule has 0 atom stereocenters. The highest BCUT2D eigenvalue weighted by atomic mass is 32.2. The monoisotopic (exact) mass is 230 g/mol. The number of benzene rings is 1. The molecule has 0 aromatic heterocycles. The number of rotatable bonds is 2. The summed E-state index contributed by atoms with van der Waals surface area (Å²) in [6.07, 6.45) is 0.742. The normalized spacial score (nSPS) is 14.7. The Hall–Kier alpha value is -1.73. The summed E-state index contributed by atoms with van der Waals surface area (Å²) < 4.78 is 0. The van der Waals surface area contributed by atoms with E-state index in [4.69, 9.17) is 5.26 Å². The molecule has 0 fully saturated rings. The molecule has 4 heteroatoms. The fourth-order valence-electron chi connectivity index (χ4n) is 1.44. The van der Waals surface area contributed by atoms with Gasteiger partial charge in [0.2, 0.25) is 0 Å². The molecule has 1 amide bonds. The first-order valence-electron chi connectivity index (χ1n) is 4.93. The van der Waals surface area contributed by atoms with Crippen LogP contribution < -0.4 is 5.32 Å². The van der Waals surface area contributed by atoms with Crippen LogP contribution in [0.15, 0.2) is 40.9 Å². The maximum absolute atomic E-state index is 11.8. The topological polar surface area (TPSA) is 52.9 Å². The third-order valence-corrected chi connectivity index (χ3v) is 3.32. The second-order valence-electron chi connectivity index (χ2n) is 3.34. The average molecular weight is 230 g/mol. The third-order valence-electron chi connectivity index (χ3n) is 2.27. The minimum Gasteiger partial charge on any atom is -0.316 e. The lowest BCUT2D eigenvalue weighted by Gasteiger charge is -2.05. The SMILES string of the molecule is N#CC1=C(NC(=O)c2ccccc2)SCC1. The van der Waals surface area contributed by atoms with Crippen LogP contribution in [0.1, 0.15) is 16.8 Å². The highest BCUT2D eigenvalue weighted by Gasteiger charge is 2.17. The molecule has 0 spiro atoms. The molecule has 0 unspecified atom stereocenters. The highest BCUT2D eigenvalue weighted by molar-refractivity contribution is 8.03. The largest absolute Gasteiger partial charge is 0.316 e. The maximum atomic E-state index is 11.8. The Morgan fingerprint density at radius 3 is 2.81 bits per heavy atom. The van der Waals surface area contributed by atoms with Crippen molar-refractivity contribution in [2.24, 2.45) is 0 Å². The quantitative estimate of drug-likeness (QED) is 0.848. The summed E-state index contributed by atoms with van der Waals surface area (Å²) in [5.74, 6) is 0.713. The van der Waals surface area contributed by atoms with E-state index in [1.807, 2.05) is 18.2 Å². The summed E-state index contributed by atoms with van der Waals surface area (Å²) in [6.45, 7) is 0. The van der Waals surface area contributed by atoms with Crippen LogP contribution >= 0.6 is 11.8 Å². The maximum Gasteiger partial charge on any atom is 0.256 e. The molecule has 0 saturated carbocycles. The lowest BCUT2D eigenvalue weighted by molar-refractivity contribution is 0.0968. The predicted octanol–water partition coefficient (Wildman–Crippen LogP) is 2.29. The molecule has 1 heterocycles. The molecular weight excluding hydrogens is 220 g/mol. The van der Waals surface area contributed by atoms with Gasteiger partial charge in [-0.2, -0.15) is 5.26 Å². The second-order valence-corrected chi connectivity index (χ2v) is 4.44. The average Bonchev–Trinajstić information content (AvgIpc) is 2.77. The summed E-state index contributed by atoms with van der Waals surface area (Å²) in [6, 6.07) is 11.1. The van der Waals surface area contributed by atoms with Gasteiger partial charge in [-0.3, -0.25) is 4.79 Å². The molecule has 1 N–H and O–H groups in total. The number of allylic oxidation sites excluding steroid dienone is 1. The summed E-state index contributed by atoms with van der Waals surface area (Å²) in [7, 11) is 0. The van der Waals surface area contributed by atoms with Crippen LogP contribution in [0.3, 0.4) is 0 Å². The Bertz CT molecular complexity index is 474. The summed E-state index contributed by atoms with van der Waals surface area (Å²) in [5, 5.41) is 12.3. The first-order chi connectivity index (χ1) is 7.81. The van der Waals surface area contributed by atoms with Gasteiger partial charge in [-0.25, -0.2) is 0 Å². The van der Waals surface area contributed by atoms with Gasteiger partial charge in [-0.15, -0.1) is 11.8 Å². The van der Waals surface area contributed by atoms with Crippen molar-refractivity contribution in [3.05, 3.63) is 46.5 Å².